The van der Waals surface area contributed by atoms with Crippen molar-refractivity contribution in [3.63, 3.8) is 0 Å². The third kappa shape index (κ3) is 2.17. The molecule has 0 saturated heterocycles. The highest BCUT2D eigenvalue weighted by Crippen LogP contribution is 2.29. The van der Waals surface area contributed by atoms with E-state index in [1.165, 1.54) is 6.07 Å². The number of hydrogen-bond donors (Lipinski definition) is 0. The summed E-state index contributed by atoms with van der Waals surface area (Å²) in [5.74, 6) is 0. The summed E-state index contributed by atoms with van der Waals surface area (Å²) >= 11 is 5.81. The first-order valence-electron chi connectivity index (χ1n) is 5.23. The Labute approximate surface area is 109 Å². The number of rotatable bonds is 2. The second-order valence-corrected chi connectivity index (χ2v) is 4.27. The number of nitrogens with zero attached hydrogens (tertiary/aromatic N) is 3. The highest BCUT2D eigenvalue weighted by molar-refractivity contribution is 6.31. The summed E-state index contributed by atoms with van der Waals surface area (Å²) in [7, 11) is 0. The third-order valence-corrected chi connectivity index (χ3v) is 2.89. The summed E-state index contributed by atoms with van der Waals surface area (Å²) in [6.07, 6.45) is 3.44. The Kier molecular flexibility index (Phi) is 3.25. The van der Waals surface area contributed by atoms with Crippen LogP contribution in [0.3, 0.4) is 0 Å². The summed E-state index contributed by atoms with van der Waals surface area (Å²) in [6.45, 7) is 3.82. The Morgan fingerprint density at radius 2 is 1.83 bits per heavy atom. The van der Waals surface area contributed by atoms with Crippen molar-refractivity contribution in [1.82, 2.24) is 9.97 Å². The van der Waals surface area contributed by atoms with E-state index in [0.29, 0.717) is 5.69 Å². The van der Waals surface area contributed by atoms with Crippen LogP contribution in [0, 0.1) is 24.0 Å². The van der Waals surface area contributed by atoms with Crippen LogP contribution in [0.1, 0.15) is 11.1 Å². The topological polar surface area (TPSA) is 68.9 Å². The molecule has 0 aromatic carbocycles. The van der Waals surface area contributed by atoms with Crippen LogP contribution < -0.4 is 0 Å². The lowest BCUT2D eigenvalue weighted by molar-refractivity contribution is -0.385. The minimum absolute atomic E-state index is 0.104. The molecule has 0 aliphatic carbocycles. The third-order valence-electron chi connectivity index (χ3n) is 2.61. The molecule has 0 aliphatic rings. The average Bonchev–Trinajstić information content (AvgIpc) is 2.28. The van der Waals surface area contributed by atoms with Gasteiger partial charge in [0.05, 0.1) is 10.6 Å². The SMILES string of the molecule is Cc1cncc(C)c1-c1ccc([N+](=O)[O-])c(Cl)n1. The first kappa shape index (κ1) is 12.4. The summed E-state index contributed by atoms with van der Waals surface area (Å²) < 4.78 is 0. The van der Waals surface area contributed by atoms with Gasteiger partial charge in [-0.3, -0.25) is 15.1 Å². The number of halogens is 1. The molecule has 0 unspecified atom stereocenters. The zero-order valence-corrected chi connectivity index (χ0v) is 10.6. The molecule has 2 aromatic heterocycles. The van der Waals surface area contributed by atoms with Crippen LogP contribution in [0.2, 0.25) is 5.15 Å². The number of pyridine rings is 2. The second kappa shape index (κ2) is 4.70. The van der Waals surface area contributed by atoms with Crippen molar-refractivity contribution >= 4 is 17.3 Å². The fourth-order valence-corrected chi connectivity index (χ4v) is 2.03. The predicted molar refractivity (Wildman–Crippen MR) is 68.6 cm³/mol. The van der Waals surface area contributed by atoms with Crippen molar-refractivity contribution in [1.29, 1.82) is 0 Å². The molecule has 0 spiro atoms. The van der Waals surface area contributed by atoms with Crippen LogP contribution in [-0.4, -0.2) is 14.9 Å². The van der Waals surface area contributed by atoms with Crippen molar-refractivity contribution in [3.8, 4) is 11.3 Å². The Morgan fingerprint density at radius 3 is 2.33 bits per heavy atom. The standard InChI is InChI=1S/C12H10ClN3O2/c1-7-5-14-6-8(2)11(7)9-3-4-10(16(17)18)12(13)15-9/h3-6H,1-2H3. The number of aromatic nitrogens is 2. The van der Waals surface area contributed by atoms with Crippen molar-refractivity contribution in [3.05, 3.63) is 50.9 Å². The van der Waals surface area contributed by atoms with Gasteiger partial charge in [0.2, 0.25) is 5.15 Å². The average molecular weight is 264 g/mol. The van der Waals surface area contributed by atoms with E-state index in [9.17, 15) is 10.1 Å². The number of aryl methyl sites for hydroxylation is 2. The fourth-order valence-electron chi connectivity index (χ4n) is 1.81. The molecule has 0 radical (unpaired) electrons. The quantitative estimate of drug-likeness (QED) is 0.473. The van der Waals surface area contributed by atoms with Crippen LogP contribution >= 0.6 is 11.6 Å². The molecule has 0 atom stereocenters. The van der Waals surface area contributed by atoms with E-state index in [2.05, 4.69) is 9.97 Å². The Bertz CT molecular complexity index is 608. The van der Waals surface area contributed by atoms with Gasteiger partial charge in [-0.25, -0.2) is 4.98 Å². The Balaban J connectivity index is 2.59. The zero-order valence-electron chi connectivity index (χ0n) is 9.85. The van der Waals surface area contributed by atoms with Gasteiger partial charge in [-0.05, 0) is 31.0 Å². The van der Waals surface area contributed by atoms with Crippen molar-refractivity contribution in [2.24, 2.45) is 0 Å². The maximum atomic E-state index is 10.7. The van der Waals surface area contributed by atoms with E-state index in [4.69, 9.17) is 11.6 Å². The second-order valence-electron chi connectivity index (χ2n) is 3.91. The molecule has 92 valence electrons. The first-order valence-corrected chi connectivity index (χ1v) is 5.61. The highest BCUT2D eigenvalue weighted by atomic mass is 35.5. The number of hydrogen-bond acceptors (Lipinski definition) is 4. The van der Waals surface area contributed by atoms with Crippen LogP contribution in [0.25, 0.3) is 11.3 Å². The molecule has 2 rings (SSSR count). The van der Waals surface area contributed by atoms with Gasteiger partial charge in [-0.1, -0.05) is 11.6 Å². The molecule has 18 heavy (non-hydrogen) atoms. The maximum Gasteiger partial charge on any atom is 0.306 e. The Hall–Kier alpha value is -2.01. The molecular weight excluding hydrogens is 254 g/mol. The van der Waals surface area contributed by atoms with E-state index in [0.717, 1.165) is 16.7 Å². The first-order chi connectivity index (χ1) is 8.50. The minimum Gasteiger partial charge on any atom is -0.264 e. The largest absolute Gasteiger partial charge is 0.306 e. The van der Waals surface area contributed by atoms with Gasteiger partial charge in [-0.2, -0.15) is 0 Å². The molecule has 5 nitrogen and oxygen atoms in total. The van der Waals surface area contributed by atoms with Gasteiger partial charge < -0.3 is 0 Å². The van der Waals surface area contributed by atoms with Crippen LogP contribution in [-0.2, 0) is 0 Å². The molecule has 6 heteroatoms. The molecule has 2 aromatic rings. The van der Waals surface area contributed by atoms with E-state index < -0.39 is 4.92 Å². The summed E-state index contributed by atoms with van der Waals surface area (Å²) in [6, 6.07) is 2.96. The van der Waals surface area contributed by atoms with Crippen LogP contribution in [0.4, 0.5) is 5.69 Å². The smallest absolute Gasteiger partial charge is 0.264 e. The normalized spacial score (nSPS) is 10.4. The van der Waals surface area contributed by atoms with Crippen molar-refractivity contribution in [2.45, 2.75) is 13.8 Å². The lowest BCUT2D eigenvalue weighted by atomic mass is 10.0. The predicted octanol–water partition coefficient (Wildman–Crippen LogP) is 3.32. The van der Waals surface area contributed by atoms with Gasteiger partial charge >= 0.3 is 5.69 Å². The van der Waals surface area contributed by atoms with Crippen molar-refractivity contribution < 1.29 is 4.92 Å². The molecule has 0 amide bonds. The van der Waals surface area contributed by atoms with Crippen LogP contribution in [0.15, 0.2) is 24.5 Å². The Morgan fingerprint density at radius 1 is 1.22 bits per heavy atom. The lowest BCUT2D eigenvalue weighted by Gasteiger charge is -2.08. The summed E-state index contributed by atoms with van der Waals surface area (Å²) in [5.41, 5.74) is 3.23. The monoisotopic (exact) mass is 263 g/mol. The minimum atomic E-state index is -0.550. The van der Waals surface area contributed by atoms with E-state index in [1.54, 1.807) is 18.5 Å². The van der Waals surface area contributed by atoms with Gasteiger partial charge in [0.25, 0.3) is 0 Å². The highest BCUT2D eigenvalue weighted by Gasteiger charge is 2.16. The maximum absolute atomic E-state index is 10.7. The summed E-state index contributed by atoms with van der Waals surface area (Å²) in [4.78, 5) is 18.3. The molecule has 0 N–H and O–H groups in total. The van der Waals surface area contributed by atoms with Gasteiger partial charge in [0, 0.05) is 24.0 Å². The molecule has 0 fully saturated rings. The van der Waals surface area contributed by atoms with E-state index in [1.807, 2.05) is 13.8 Å². The van der Waals surface area contributed by atoms with E-state index >= 15 is 0 Å². The van der Waals surface area contributed by atoms with Gasteiger partial charge in [0.1, 0.15) is 0 Å². The molecule has 0 bridgehead atoms. The summed E-state index contributed by atoms with van der Waals surface area (Å²) in [5, 5.41) is 10.6. The van der Waals surface area contributed by atoms with Gasteiger partial charge in [-0.15, -0.1) is 0 Å². The van der Waals surface area contributed by atoms with Crippen LogP contribution in [0.5, 0.6) is 0 Å². The fraction of sp³-hybridized carbons (Fsp3) is 0.167. The zero-order chi connectivity index (χ0) is 13.3. The molecular formula is C12H10ClN3O2. The number of nitro groups is 1. The van der Waals surface area contributed by atoms with Crippen molar-refractivity contribution in [2.75, 3.05) is 0 Å². The van der Waals surface area contributed by atoms with Gasteiger partial charge in [0.15, 0.2) is 0 Å². The van der Waals surface area contributed by atoms with E-state index in [-0.39, 0.29) is 10.8 Å². The molecule has 0 saturated carbocycles. The molecule has 2 heterocycles. The lowest BCUT2D eigenvalue weighted by Crippen LogP contribution is -1.96. The molecule has 0 aliphatic heterocycles.